The van der Waals surface area contributed by atoms with E-state index in [4.69, 9.17) is 4.74 Å². The Balaban J connectivity index is 2.35. The number of piperidine rings is 1. The van der Waals surface area contributed by atoms with Crippen LogP contribution in [0.1, 0.15) is 38.3 Å². The van der Waals surface area contributed by atoms with Gasteiger partial charge in [0.15, 0.2) is 0 Å². The summed E-state index contributed by atoms with van der Waals surface area (Å²) in [5.41, 5.74) is 0.768. The largest absolute Gasteiger partial charge is 0.383 e. The lowest BCUT2D eigenvalue weighted by atomic mass is 9.83. The first-order valence-corrected chi connectivity index (χ1v) is 8.28. The molecule has 24 heavy (non-hydrogen) atoms. The summed E-state index contributed by atoms with van der Waals surface area (Å²) in [5, 5.41) is 2.93. The van der Waals surface area contributed by atoms with Crippen molar-refractivity contribution in [1.82, 2.24) is 10.2 Å². The molecule has 0 radical (unpaired) electrons. The molecule has 6 heteroatoms. The van der Waals surface area contributed by atoms with Crippen LogP contribution in [-0.2, 0) is 14.3 Å². The van der Waals surface area contributed by atoms with Crippen LogP contribution in [-0.4, -0.2) is 43.0 Å². The zero-order valence-corrected chi connectivity index (χ0v) is 14.4. The predicted molar refractivity (Wildman–Crippen MR) is 88.7 cm³/mol. The molecule has 1 aliphatic rings. The van der Waals surface area contributed by atoms with E-state index in [1.807, 2.05) is 13.8 Å². The van der Waals surface area contributed by atoms with Gasteiger partial charge in [-0.1, -0.05) is 12.1 Å². The van der Waals surface area contributed by atoms with Gasteiger partial charge in [-0.25, -0.2) is 4.39 Å². The fourth-order valence-corrected chi connectivity index (χ4v) is 3.14. The lowest BCUT2D eigenvalue weighted by Gasteiger charge is -2.41. The molecule has 0 saturated carbocycles. The lowest BCUT2D eigenvalue weighted by molar-refractivity contribution is -0.144. The molecule has 0 spiro atoms. The average molecular weight is 336 g/mol. The molecule has 1 aliphatic heterocycles. The molecule has 1 aromatic carbocycles. The number of carbonyl (C=O) groups excluding carboxylic acids is 2. The van der Waals surface area contributed by atoms with Gasteiger partial charge in [-0.2, -0.15) is 0 Å². The highest BCUT2D eigenvalue weighted by molar-refractivity contribution is 5.85. The smallest absolute Gasteiger partial charge is 0.225 e. The van der Waals surface area contributed by atoms with Gasteiger partial charge in [-0.15, -0.1) is 0 Å². The Labute approximate surface area is 142 Å². The molecule has 1 saturated heterocycles. The minimum absolute atomic E-state index is 0.00466. The van der Waals surface area contributed by atoms with Gasteiger partial charge in [0.05, 0.1) is 18.6 Å². The molecule has 1 fully saturated rings. The fourth-order valence-electron chi connectivity index (χ4n) is 3.14. The van der Waals surface area contributed by atoms with Gasteiger partial charge in [-0.3, -0.25) is 9.59 Å². The number of ether oxygens (including phenoxy) is 1. The Morgan fingerprint density at radius 3 is 2.62 bits per heavy atom. The van der Waals surface area contributed by atoms with Crippen LogP contribution in [0.3, 0.4) is 0 Å². The number of nitrogens with one attached hydrogen (secondary N) is 1. The summed E-state index contributed by atoms with van der Waals surface area (Å²) in [6.07, 6.45) is 0.820. The van der Waals surface area contributed by atoms with E-state index < -0.39 is 6.04 Å². The van der Waals surface area contributed by atoms with Gasteiger partial charge in [0.25, 0.3) is 0 Å². The summed E-state index contributed by atoms with van der Waals surface area (Å²) < 4.78 is 18.4. The van der Waals surface area contributed by atoms with Gasteiger partial charge in [0, 0.05) is 26.1 Å². The predicted octanol–water partition coefficient (Wildman–Crippen LogP) is 2.28. The second-order valence-corrected chi connectivity index (χ2v) is 6.38. The molecule has 2 rings (SSSR count). The van der Waals surface area contributed by atoms with Crippen LogP contribution in [0.15, 0.2) is 24.3 Å². The van der Waals surface area contributed by atoms with Gasteiger partial charge in [-0.05, 0) is 38.0 Å². The maximum Gasteiger partial charge on any atom is 0.225 e. The third-order valence-electron chi connectivity index (χ3n) is 4.22. The van der Waals surface area contributed by atoms with E-state index in [1.54, 1.807) is 24.1 Å². The van der Waals surface area contributed by atoms with Crippen LogP contribution >= 0.6 is 0 Å². The maximum absolute atomic E-state index is 13.3. The number of amides is 2. The first kappa shape index (κ1) is 18.4. The van der Waals surface area contributed by atoms with E-state index in [0.717, 1.165) is 5.56 Å². The molecule has 0 aromatic heterocycles. The monoisotopic (exact) mass is 336 g/mol. The van der Waals surface area contributed by atoms with Gasteiger partial charge in [0.2, 0.25) is 11.8 Å². The van der Waals surface area contributed by atoms with Crippen molar-refractivity contribution in [2.24, 2.45) is 5.92 Å². The lowest BCUT2D eigenvalue weighted by Crippen LogP contribution is -2.49. The van der Waals surface area contributed by atoms with E-state index in [2.05, 4.69) is 5.32 Å². The number of hydrogen-bond donors (Lipinski definition) is 1. The summed E-state index contributed by atoms with van der Waals surface area (Å²) in [6, 6.07) is 5.64. The maximum atomic E-state index is 13.3. The van der Waals surface area contributed by atoms with Crippen molar-refractivity contribution in [2.75, 3.05) is 20.3 Å². The number of nitrogens with zero attached hydrogens (tertiary/aromatic N) is 1. The minimum atomic E-state index is -0.402. The van der Waals surface area contributed by atoms with Crippen molar-refractivity contribution in [3.8, 4) is 0 Å². The number of benzene rings is 1. The zero-order chi connectivity index (χ0) is 17.7. The molecular formula is C18H25FN2O3. The molecule has 1 N–H and O–H groups in total. The molecule has 1 heterocycles. The van der Waals surface area contributed by atoms with Crippen LogP contribution in [0.25, 0.3) is 0 Å². The Bertz CT molecular complexity index is 574. The number of likely N-dealkylation sites (tertiary alicyclic amines) is 1. The summed E-state index contributed by atoms with van der Waals surface area (Å²) in [7, 11) is 1.57. The standard InChI is InChI=1S/C18H25FN2O3/c1-12(2)20-18(23)15-8-9-16(22)21(10-11-24-3)17(15)13-4-6-14(19)7-5-13/h4-7,12,15,17H,8-11H2,1-3H3,(H,20,23)/t15-,17+/m1/s1. The Morgan fingerprint density at radius 1 is 1.38 bits per heavy atom. The van der Waals surface area contributed by atoms with Crippen molar-refractivity contribution in [3.63, 3.8) is 0 Å². The van der Waals surface area contributed by atoms with Crippen LogP contribution in [0.5, 0.6) is 0 Å². The summed E-state index contributed by atoms with van der Waals surface area (Å²) >= 11 is 0. The summed E-state index contributed by atoms with van der Waals surface area (Å²) in [5.74, 6) is -0.774. The molecule has 1 aromatic rings. The number of methoxy groups -OCH3 is 1. The van der Waals surface area contributed by atoms with Gasteiger partial charge < -0.3 is 15.0 Å². The molecule has 0 aliphatic carbocycles. The first-order chi connectivity index (χ1) is 11.4. The number of hydrogen-bond acceptors (Lipinski definition) is 3. The van der Waals surface area contributed by atoms with Crippen molar-refractivity contribution in [1.29, 1.82) is 0 Å². The molecule has 132 valence electrons. The van der Waals surface area contributed by atoms with Crippen LogP contribution < -0.4 is 5.32 Å². The fraction of sp³-hybridized carbons (Fsp3) is 0.556. The SMILES string of the molecule is COCCN1C(=O)CC[C@@H](C(=O)NC(C)C)[C@@H]1c1ccc(F)cc1. The minimum Gasteiger partial charge on any atom is -0.383 e. The Morgan fingerprint density at radius 2 is 2.04 bits per heavy atom. The Kier molecular flexibility index (Phi) is 6.31. The highest BCUT2D eigenvalue weighted by atomic mass is 19.1. The second kappa shape index (κ2) is 8.24. The molecular weight excluding hydrogens is 311 g/mol. The quantitative estimate of drug-likeness (QED) is 0.867. The average Bonchev–Trinajstić information content (AvgIpc) is 2.53. The van der Waals surface area contributed by atoms with E-state index in [0.29, 0.717) is 26.0 Å². The zero-order valence-electron chi connectivity index (χ0n) is 14.4. The van der Waals surface area contributed by atoms with Crippen molar-refractivity contribution >= 4 is 11.8 Å². The van der Waals surface area contributed by atoms with Gasteiger partial charge >= 0.3 is 0 Å². The normalized spacial score (nSPS) is 21.2. The van der Waals surface area contributed by atoms with Crippen LogP contribution in [0.2, 0.25) is 0 Å². The Hall–Kier alpha value is -1.95. The molecule has 0 bridgehead atoms. The van der Waals surface area contributed by atoms with E-state index in [9.17, 15) is 14.0 Å². The highest BCUT2D eigenvalue weighted by Gasteiger charge is 2.40. The number of halogens is 1. The number of rotatable bonds is 6. The van der Waals surface area contributed by atoms with Crippen LogP contribution in [0, 0.1) is 11.7 Å². The topological polar surface area (TPSA) is 58.6 Å². The first-order valence-electron chi connectivity index (χ1n) is 8.28. The number of carbonyl (C=O) groups is 2. The molecule has 0 unspecified atom stereocenters. The summed E-state index contributed by atoms with van der Waals surface area (Å²) in [6.45, 7) is 4.60. The molecule has 2 amide bonds. The van der Waals surface area contributed by atoms with E-state index >= 15 is 0 Å². The van der Waals surface area contributed by atoms with Crippen molar-refractivity contribution in [3.05, 3.63) is 35.6 Å². The van der Waals surface area contributed by atoms with Gasteiger partial charge in [0.1, 0.15) is 5.82 Å². The van der Waals surface area contributed by atoms with Crippen LogP contribution in [0.4, 0.5) is 4.39 Å². The van der Waals surface area contributed by atoms with Crippen molar-refractivity contribution < 1.29 is 18.7 Å². The van der Waals surface area contributed by atoms with Crippen molar-refractivity contribution in [2.45, 2.75) is 38.8 Å². The van der Waals surface area contributed by atoms with E-state index in [-0.39, 0.29) is 29.6 Å². The highest BCUT2D eigenvalue weighted by Crippen LogP contribution is 2.37. The second-order valence-electron chi connectivity index (χ2n) is 6.38. The third kappa shape index (κ3) is 4.32. The molecule has 2 atom stereocenters. The summed E-state index contributed by atoms with van der Waals surface area (Å²) in [4.78, 5) is 26.7. The third-order valence-corrected chi connectivity index (χ3v) is 4.22. The van der Waals surface area contributed by atoms with E-state index in [1.165, 1.54) is 12.1 Å². The molecule has 5 nitrogen and oxygen atoms in total.